The number of rotatable bonds is 3. The van der Waals surface area contributed by atoms with Crippen molar-refractivity contribution in [3.63, 3.8) is 0 Å². The third-order valence-electron chi connectivity index (χ3n) is 5.07. The summed E-state index contributed by atoms with van der Waals surface area (Å²) in [7, 11) is 0. The van der Waals surface area contributed by atoms with Crippen molar-refractivity contribution in [2.75, 3.05) is 4.90 Å². The van der Waals surface area contributed by atoms with Crippen LogP contribution < -0.4 is 10.2 Å². The highest BCUT2D eigenvalue weighted by molar-refractivity contribution is 7.80. The Kier molecular flexibility index (Phi) is 4.59. The van der Waals surface area contributed by atoms with E-state index < -0.39 is 0 Å². The minimum absolute atomic E-state index is 0.0228. The van der Waals surface area contributed by atoms with Gasteiger partial charge in [0.2, 0.25) is 0 Å². The normalized spacial score (nSPS) is 19.7. The maximum atomic E-state index is 10.5. The molecule has 0 radical (unpaired) electrons. The molecule has 1 aromatic carbocycles. The molecule has 6 heteroatoms. The van der Waals surface area contributed by atoms with E-state index in [0.29, 0.717) is 10.8 Å². The summed E-state index contributed by atoms with van der Waals surface area (Å²) in [6, 6.07) is 15.0. The van der Waals surface area contributed by atoms with Gasteiger partial charge in [0.05, 0.1) is 23.5 Å². The van der Waals surface area contributed by atoms with Crippen molar-refractivity contribution in [3.05, 3.63) is 78.4 Å². The van der Waals surface area contributed by atoms with Crippen molar-refractivity contribution in [1.82, 2.24) is 14.9 Å². The molecule has 1 aliphatic heterocycles. The van der Waals surface area contributed by atoms with Crippen LogP contribution in [0.3, 0.4) is 0 Å². The van der Waals surface area contributed by atoms with Gasteiger partial charge in [0.1, 0.15) is 5.75 Å². The van der Waals surface area contributed by atoms with Gasteiger partial charge in [0.15, 0.2) is 5.11 Å². The average molecular weight is 393 g/mol. The standard InChI is InChI=1S/C22H24N4OS/c1-22(2,3)25-13-11-15(14-25)20-19(16-8-6-7-12-23-16)24-21(28)26(20)17-9-4-5-10-18(17)27/h4-14,19-20,27H,1-3H3,(H,24,28)/t19-,20+/m1/s1. The first-order valence-corrected chi connectivity index (χ1v) is 9.74. The van der Waals surface area contributed by atoms with E-state index in [2.05, 4.69) is 54.1 Å². The van der Waals surface area contributed by atoms with Crippen molar-refractivity contribution < 1.29 is 5.11 Å². The molecule has 2 N–H and O–H groups in total. The molecular weight excluding hydrogens is 368 g/mol. The number of benzene rings is 1. The number of pyridine rings is 1. The van der Waals surface area contributed by atoms with Gasteiger partial charge in [0.25, 0.3) is 0 Å². The van der Waals surface area contributed by atoms with Crippen molar-refractivity contribution in [2.24, 2.45) is 0 Å². The zero-order valence-electron chi connectivity index (χ0n) is 16.2. The van der Waals surface area contributed by atoms with Crippen LogP contribution in [-0.2, 0) is 5.54 Å². The minimum atomic E-state index is -0.126. The van der Waals surface area contributed by atoms with E-state index in [-0.39, 0.29) is 23.4 Å². The molecule has 1 fully saturated rings. The van der Waals surface area contributed by atoms with E-state index in [9.17, 15) is 5.11 Å². The number of aromatic hydroxyl groups is 1. The predicted octanol–water partition coefficient (Wildman–Crippen LogP) is 4.52. The molecule has 28 heavy (non-hydrogen) atoms. The van der Waals surface area contributed by atoms with E-state index >= 15 is 0 Å². The number of para-hydroxylation sites is 2. The molecule has 0 amide bonds. The zero-order chi connectivity index (χ0) is 19.9. The number of aromatic nitrogens is 2. The number of thiocarbonyl (C=S) groups is 1. The van der Waals surface area contributed by atoms with Crippen LogP contribution in [0.25, 0.3) is 0 Å². The smallest absolute Gasteiger partial charge is 0.174 e. The Balaban J connectivity index is 1.84. The molecular formula is C22H24N4OS. The molecule has 3 aromatic rings. The van der Waals surface area contributed by atoms with Crippen molar-refractivity contribution in [2.45, 2.75) is 38.4 Å². The van der Waals surface area contributed by atoms with Gasteiger partial charge < -0.3 is 19.9 Å². The summed E-state index contributed by atoms with van der Waals surface area (Å²) in [6.45, 7) is 6.52. The first kappa shape index (κ1) is 18.5. The molecule has 0 spiro atoms. The van der Waals surface area contributed by atoms with Crippen LogP contribution in [0, 0.1) is 0 Å². The molecule has 0 unspecified atom stereocenters. The van der Waals surface area contributed by atoms with Gasteiger partial charge in [-0.3, -0.25) is 4.98 Å². The topological polar surface area (TPSA) is 53.3 Å². The van der Waals surface area contributed by atoms with E-state index in [1.54, 1.807) is 12.3 Å². The van der Waals surface area contributed by atoms with Gasteiger partial charge in [-0.2, -0.15) is 0 Å². The summed E-state index contributed by atoms with van der Waals surface area (Å²) < 4.78 is 2.20. The molecule has 2 aromatic heterocycles. The first-order valence-electron chi connectivity index (χ1n) is 9.33. The molecule has 2 atom stereocenters. The summed E-state index contributed by atoms with van der Waals surface area (Å²) in [5.74, 6) is 0.202. The lowest BCUT2D eigenvalue weighted by Gasteiger charge is -2.28. The highest BCUT2D eigenvalue weighted by Gasteiger charge is 2.42. The average Bonchev–Trinajstić information content (AvgIpc) is 3.27. The number of nitrogens with one attached hydrogen (secondary N) is 1. The van der Waals surface area contributed by atoms with Crippen molar-refractivity contribution in [3.8, 4) is 5.75 Å². The van der Waals surface area contributed by atoms with E-state index in [4.69, 9.17) is 12.2 Å². The van der Waals surface area contributed by atoms with Crippen molar-refractivity contribution in [1.29, 1.82) is 0 Å². The lowest BCUT2D eigenvalue weighted by atomic mass is 9.98. The Morgan fingerprint density at radius 3 is 2.46 bits per heavy atom. The summed E-state index contributed by atoms with van der Waals surface area (Å²) in [5.41, 5.74) is 2.69. The van der Waals surface area contributed by atoms with Gasteiger partial charge in [0, 0.05) is 24.1 Å². The number of phenolic OH excluding ortho intramolecular Hbond substituents is 1. The van der Waals surface area contributed by atoms with E-state index in [1.165, 1.54) is 0 Å². The Labute approximate surface area is 170 Å². The van der Waals surface area contributed by atoms with Crippen LogP contribution in [-0.4, -0.2) is 19.8 Å². The van der Waals surface area contributed by atoms with Gasteiger partial charge in [-0.25, -0.2) is 0 Å². The molecule has 5 nitrogen and oxygen atoms in total. The highest BCUT2D eigenvalue weighted by atomic mass is 32.1. The zero-order valence-corrected chi connectivity index (χ0v) is 17.0. The lowest BCUT2D eigenvalue weighted by molar-refractivity contribution is 0.397. The van der Waals surface area contributed by atoms with Crippen LogP contribution >= 0.6 is 12.2 Å². The third-order valence-corrected chi connectivity index (χ3v) is 5.39. The second kappa shape index (κ2) is 6.95. The predicted molar refractivity (Wildman–Crippen MR) is 115 cm³/mol. The Morgan fingerprint density at radius 1 is 1.07 bits per heavy atom. The maximum Gasteiger partial charge on any atom is 0.174 e. The molecule has 3 heterocycles. The number of hydrogen-bond donors (Lipinski definition) is 2. The molecule has 0 aliphatic carbocycles. The summed E-state index contributed by atoms with van der Waals surface area (Å²) in [6.07, 6.45) is 6.04. The Bertz CT molecular complexity index is 993. The summed E-state index contributed by atoms with van der Waals surface area (Å²) in [5, 5.41) is 14.5. The van der Waals surface area contributed by atoms with Crippen molar-refractivity contribution >= 4 is 23.0 Å². The molecule has 1 saturated heterocycles. The molecule has 4 rings (SSSR count). The lowest BCUT2D eigenvalue weighted by Crippen LogP contribution is -2.29. The fourth-order valence-corrected chi connectivity index (χ4v) is 3.97. The van der Waals surface area contributed by atoms with Crippen LogP contribution in [0.1, 0.15) is 44.1 Å². The van der Waals surface area contributed by atoms with E-state index in [1.807, 2.05) is 41.3 Å². The fraction of sp³-hybridized carbons (Fsp3) is 0.273. The second-order valence-corrected chi connectivity index (χ2v) is 8.39. The largest absolute Gasteiger partial charge is 0.506 e. The summed E-state index contributed by atoms with van der Waals surface area (Å²) >= 11 is 5.69. The third kappa shape index (κ3) is 3.24. The number of hydrogen-bond acceptors (Lipinski definition) is 3. The Hall–Kier alpha value is -2.86. The maximum absolute atomic E-state index is 10.5. The van der Waals surface area contributed by atoms with Crippen LogP contribution in [0.15, 0.2) is 67.1 Å². The molecule has 1 aliphatic rings. The van der Waals surface area contributed by atoms with Gasteiger partial charge >= 0.3 is 0 Å². The SMILES string of the molecule is CC(C)(C)n1ccc([C@H]2[C@@H](c3ccccn3)NC(=S)N2c2ccccc2O)c1. The van der Waals surface area contributed by atoms with Gasteiger partial charge in [-0.05, 0) is 68.9 Å². The van der Waals surface area contributed by atoms with E-state index in [0.717, 1.165) is 11.3 Å². The van der Waals surface area contributed by atoms with Crippen LogP contribution in [0.2, 0.25) is 0 Å². The number of nitrogens with zero attached hydrogens (tertiary/aromatic N) is 3. The quantitative estimate of drug-likeness (QED) is 0.642. The molecule has 144 valence electrons. The molecule has 0 saturated carbocycles. The fourth-order valence-electron chi connectivity index (χ4n) is 3.63. The minimum Gasteiger partial charge on any atom is -0.506 e. The van der Waals surface area contributed by atoms with Crippen LogP contribution in [0.5, 0.6) is 5.75 Å². The summed E-state index contributed by atoms with van der Waals surface area (Å²) in [4.78, 5) is 6.55. The first-order chi connectivity index (χ1) is 13.4. The van der Waals surface area contributed by atoms with Crippen LogP contribution in [0.4, 0.5) is 5.69 Å². The van der Waals surface area contributed by atoms with Gasteiger partial charge in [-0.1, -0.05) is 18.2 Å². The second-order valence-electron chi connectivity index (χ2n) is 8.01. The van der Waals surface area contributed by atoms with Gasteiger partial charge in [-0.15, -0.1) is 0 Å². The monoisotopic (exact) mass is 392 g/mol. The number of phenols is 1. The molecule has 0 bridgehead atoms. The number of anilines is 1. The Morgan fingerprint density at radius 2 is 1.82 bits per heavy atom. The highest BCUT2D eigenvalue weighted by Crippen LogP contribution is 2.44.